The van der Waals surface area contributed by atoms with Crippen LogP contribution in [-0.4, -0.2) is 11.8 Å². The van der Waals surface area contributed by atoms with Gasteiger partial charge in [-0.05, 0) is 48.9 Å². The fourth-order valence-corrected chi connectivity index (χ4v) is 5.44. The summed E-state index contributed by atoms with van der Waals surface area (Å²) in [6.07, 6.45) is 7.27. The normalized spacial score (nSPS) is 18.1. The van der Waals surface area contributed by atoms with Gasteiger partial charge in [0.2, 0.25) is 5.60 Å². The van der Waals surface area contributed by atoms with Crippen molar-refractivity contribution in [2.75, 3.05) is 0 Å². The molecular formula is C36H22F3N3O2S. The van der Waals surface area contributed by atoms with Gasteiger partial charge >= 0.3 is 6.18 Å². The van der Waals surface area contributed by atoms with Crippen LogP contribution >= 0.6 is 11.3 Å². The van der Waals surface area contributed by atoms with E-state index >= 15 is 0 Å². The molecular weight excluding hydrogens is 595 g/mol. The van der Waals surface area contributed by atoms with Gasteiger partial charge in [-0.25, -0.2) is 0 Å². The third-order valence-corrected chi connectivity index (χ3v) is 7.98. The zero-order valence-corrected chi connectivity index (χ0v) is 24.5. The van der Waals surface area contributed by atoms with E-state index in [0.29, 0.717) is 16.4 Å². The largest absolute Gasteiger partial charge is 0.470 e. The Kier molecular flexibility index (Phi) is 8.72. The van der Waals surface area contributed by atoms with Crippen molar-refractivity contribution >= 4 is 35.0 Å². The number of rotatable bonds is 6. The predicted molar refractivity (Wildman–Crippen MR) is 167 cm³/mol. The first kappa shape index (κ1) is 30.6. The van der Waals surface area contributed by atoms with Crippen LogP contribution in [0.25, 0.3) is 23.7 Å². The molecule has 2 aliphatic rings. The number of hydrogen-bond donors (Lipinski definition) is 0. The Morgan fingerprint density at radius 3 is 1.87 bits per heavy atom. The number of thiophene rings is 1. The van der Waals surface area contributed by atoms with Crippen LogP contribution in [-0.2, 0) is 9.47 Å². The molecule has 0 saturated heterocycles. The Bertz CT molecular complexity index is 1900. The summed E-state index contributed by atoms with van der Waals surface area (Å²) in [4.78, 5) is 1.46. The number of nitrogens with zero attached hydrogens (tertiary/aromatic N) is 3. The summed E-state index contributed by atoms with van der Waals surface area (Å²) >= 11 is 1.33. The molecule has 45 heavy (non-hydrogen) atoms. The Labute approximate surface area is 262 Å². The lowest BCUT2D eigenvalue weighted by Crippen LogP contribution is -2.43. The molecule has 0 spiro atoms. The fourth-order valence-electron chi connectivity index (χ4n) is 4.61. The first-order valence-corrected chi connectivity index (χ1v) is 14.3. The van der Waals surface area contributed by atoms with Gasteiger partial charge in [-0.2, -0.15) is 29.0 Å². The summed E-state index contributed by atoms with van der Waals surface area (Å²) in [5.41, 5.74) is -1.81. The highest BCUT2D eigenvalue weighted by atomic mass is 32.1. The Balaban J connectivity index is 1.42. The van der Waals surface area contributed by atoms with Gasteiger partial charge in [-0.15, -0.1) is 11.3 Å². The molecule has 1 aromatic heterocycles. The lowest BCUT2D eigenvalue weighted by molar-refractivity contribution is -0.236. The molecule has 0 amide bonds. The Morgan fingerprint density at radius 2 is 1.36 bits per heavy atom. The van der Waals surface area contributed by atoms with E-state index in [1.807, 2.05) is 97.1 Å². The summed E-state index contributed by atoms with van der Waals surface area (Å²) < 4.78 is 53.6. The zero-order valence-electron chi connectivity index (χ0n) is 23.7. The standard InChI is InChI=1S/C36H22F3N3O2S/c1-35(36(37,38)39)31(30(23-42)34(44-35)27(21-40)22-41)18-17-29-16-15-28(45-29)14-8-9-24-19-32(25-10-4-2-5-11-25)43-33(20-24)26-12-6-3-7-13-26/h2-20H,1H3/b14-8+,18-17+. The molecule has 2 aliphatic heterocycles. The van der Waals surface area contributed by atoms with Crippen LogP contribution in [0.15, 0.2) is 131 Å². The van der Waals surface area contributed by atoms with Crippen molar-refractivity contribution in [3.8, 4) is 18.2 Å². The second kappa shape index (κ2) is 12.8. The average molecular weight is 618 g/mol. The topological polar surface area (TPSA) is 89.8 Å². The van der Waals surface area contributed by atoms with E-state index in [9.17, 15) is 29.0 Å². The zero-order chi connectivity index (χ0) is 32.0. The first-order chi connectivity index (χ1) is 21.7. The van der Waals surface area contributed by atoms with E-state index < -0.39 is 34.3 Å². The molecule has 0 aliphatic carbocycles. The van der Waals surface area contributed by atoms with E-state index in [2.05, 4.69) is 0 Å². The maximum atomic E-state index is 14.1. The van der Waals surface area contributed by atoms with Crippen molar-refractivity contribution in [1.82, 2.24) is 0 Å². The van der Waals surface area contributed by atoms with Crippen molar-refractivity contribution in [1.29, 1.82) is 15.8 Å². The van der Waals surface area contributed by atoms with Crippen LogP contribution in [0, 0.1) is 34.0 Å². The highest BCUT2D eigenvalue weighted by Gasteiger charge is 2.60. The molecule has 3 heterocycles. The minimum atomic E-state index is -4.92. The maximum absolute atomic E-state index is 14.1. The molecule has 1 atom stereocenters. The average Bonchev–Trinajstić information content (AvgIpc) is 3.63. The first-order valence-electron chi connectivity index (χ1n) is 13.5. The number of ether oxygens (including phenoxy) is 2. The molecule has 3 aromatic rings. The van der Waals surface area contributed by atoms with Crippen molar-refractivity contribution in [3.63, 3.8) is 0 Å². The van der Waals surface area contributed by atoms with Crippen LogP contribution in [0.5, 0.6) is 0 Å². The van der Waals surface area contributed by atoms with E-state index in [1.165, 1.54) is 29.6 Å². The van der Waals surface area contributed by atoms with Crippen molar-refractivity contribution in [2.24, 2.45) is 0 Å². The van der Waals surface area contributed by atoms with Gasteiger partial charge in [0.25, 0.3) is 0 Å². The summed E-state index contributed by atoms with van der Waals surface area (Å²) in [5, 5.41) is 28.0. The van der Waals surface area contributed by atoms with E-state index in [1.54, 1.807) is 12.1 Å². The third-order valence-electron chi connectivity index (χ3n) is 6.96. The molecule has 0 saturated carbocycles. The second-order valence-corrected chi connectivity index (χ2v) is 11.1. The molecule has 5 rings (SSSR count). The number of hydrogen-bond acceptors (Lipinski definition) is 6. The van der Waals surface area contributed by atoms with Crippen LogP contribution in [0.4, 0.5) is 13.2 Å². The highest BCUT2D eigenvalue weighted by molar-refractivity contribution is 7.13. The Morgan fingerprint density at radius 1 is 0.800 bits per heavy atom. The fraction of sp³-hybridized carbons (Fsp3) is 0.0833. The molecule has 0 radical (unpaired) electrons. The molecule has 220 valence electrons. The van der Waals surface area contributed by atoms with Gasteiger partial charge in [0, 0.05) is 26.5 Å². The molecule has 9 heteroatoms. The predicted octanol–water partition coefficient (Wildman–Crippen LogP) is 9.29. The number of alkyl halides is 3. The lowest BCUT2D eigenvalue weighted by atomic mass is 9.92. The van der Waals surface area contributed by atoms with Crippen LogP contribution in [0.2, 0.25) is 0 Å². The molecule has 0 fully saturated rings. The number of allylic oxidation sites excluding steroid dienone is 7. The molecule has 5 nitrogen and oxygen atoms in total. The van der Waals surface area contributed by atoms with Crippen LogP contribution < -0.4 is 0 Å². The second-order valence-electron chi connectivity index (χ2n) is 9.91. The van der Waals surface area contributed by atoms with Crippen molar-refractivity contribution < 1.29 is 22.6 Å². The van der Waals surface area contributed by atoms with Gasteiger partial charge in [0.1, 0.15) is 35.3 Å². The van der Waals surface area contributed by atoms with Crippen molar-refractivity contribution in [3.05, 3.63) is 152 Å². The van der Waals surface area contributed by atoms with Gasteiger partial charge in [-0.3, -0.25) is 0 Å². The van der Waals surface area contributed by atoms with Crippen LogP contribution in [0.3, 0.4) is 0 Å². The monoisotopic (exact) mass is 617 g/mol. The van der Waals surface area contributed by atoms with E-state index in [4.69, 9.17) is 9.47 Å². The molecule has 2 aromatic carbocycles. The van der Waals surface area contributed by atoms with Gasteiger partial charge in [0.05, 0.1) is 0 Å². The molecule has 1 unspecified atom stereocenters. The number of benzene rings is 2. The minimum absolute atomic E-state index is 0.479. The third kappa shape index (κ3) is 6.43. The summed E-state index contributed by atoms with van der Waals surface area (Å²) in [7, 11) is 0. The molecule has 0 N–H and O–H groups in total. The Hall–Kier alpha value is -5.82. The van der Waals surface area contributed by atoms with E-state index in [0.717, 1.165) is 34.6 Å². The van der Waals surface area contributed by atoms with Gasteiger partial charge < -0.3 is 9.47 Å². The van der Waals surface area contributed by atoms with Crippen molar-refractivity contribution in [2.45, 2.75) is 18.7 Å². The van der Waals surface area contributed by atoms with Crippen LogP contribution in [0.1, 0.15) is 27.8 Å². The minimum Gasteiger partial charge on any atom is -0.470 e. The van der Waals surface area contributed by atoms with Gasteiger partial charge in [-0.1, -0.05) is 78.9 Å². The highest BCUT2D eigenvalue weighted by Crippen LogP contribution is 2.49. The maximum Gasteiger partial charge on any atom is 0.432 e. The smallest absolute Gasteiger partial charge is 0.432 e. The lowest BCUT2D eigenvalue weighted by Gasteiger charge is -2.28. The number of halogens is 3. The summed E-state index contributed by atoms with van der Waals surface area (Å²) in [6.45, 7) is 0.769. The summed E-state index contributed by atoms with van der Waals surface area (Å²) in [6, 6.07) is 27.8. The molecule has 0 bridgehead atoms. The quantitative estimate of drug-likeness (QED) is 0.257. The SMILES string of the molecule is CC1(C(F)(F)F)OC(=C(C#N)C#N)C(C#N)=C1/C=C/c1ccc(/C=C/C=C2C=C(c3ccccc3)OC(c3ccccc3)=C2)s1. The summed E-state index contributed by atoms with van der Waals surface area (Å²) in [5.74, 6) is 0.747. The van der Waals surface area contributed by atoms with Gasteiger partial charge in [0.15, 0.2) is 11.3 Å². The number of nitriles is 3. The van der Waals surface area contributed by atoms with E-state index in [-0.39, 0.29) is 0 Å².